The molecule has 6 atom stereocenters. The van der Waals surface area contributed by atoms with E-state index in [0.717, 1.165) is 6.41 Å². The molecule has 1 amide bonds. The van der Waals surface area contributed by atoms with Crippen molar-refractivity contribution in [3.63, 3.8) is 0 Å². The first-order valence-corrected chi connectivity index (χ1v) is 9.86. The lowest BCUT2D eigenvalue weighted by molar-refractivity contribution is -0.930. The van der Waals surface area contributed by atoms with E-state index in [9.17, 15) is 4.79 Å². The minimum atomic E-state index is 0.195. The second kappa shape index (κ2) is 4.85. The number of carbonyl (C=O) groups is 1. The summed E-state index contributed by atoms with van der Waals surface area (Å²) in [6.07, 6.45) is 7.73. The maximum atomic E-state index is 12.1. The van der Waals surface area contributed by atoms with Gasteiger partial charge in [0.15, 0.2) is 0 Å². The number of amides is 1. The largest absolute Gasteiger partial charge is 0.331 e. The molecule has 3 heteroatoms. The van der Waals surface area contributed by atoms with Gasteiger partial charge in [0, 0.05) is 17.5 Å². The highest BCUT2D eigenvalue weighted by Gasteiger charge is 2.72. The smallest absolute Gasteiger partial charge is 0.214 e. The molecule has 5 rings (SSSR count). The summed E-state index contributed by atoms with van der Waals surface area (Å²) in [6, 6.07) is 9.87. The summed E-state index contributed by atoms with van der Waals surface area (Å²) < 4.78 is 0. The van der Waals surface area contributed by atoms with E-state index in [1.54, 1.807) is 0 Å². The summed E-state index contributed by atoms with van der Waals surface area (Å²) in [4.78, 5) is 16.0. The Kier molecular flexibility index (Phi) is 3.02. The van der Waals surface area contributed by atoms with Crippen LogP contribution in [0.25, 0.3) is 0 Å². The SMILES string of the molecule is CC[C@]12CCC[NH+]3CC[C@]4(c5ccccc5N(C=O)[C@H]4[C@@H](C)C1)[C@H]32. The minimum Gasteiger partial charge on any atom is -0.331 e. The fourth-order valence-electron chi connectivity index (χ4n) is 7.74. The van der Waals surface area contributed by atoms with Crippen LogP contribution in [0, 0.1) is 11.3 Å². The number of nitrogens with one attached hydrogen (secondary N) is 1. The highest BCUT2D eigenvalue weighted by atomic mass is 16.1. The number of quaternary nitrogens is 1. The van der Waals surface area contributed by atoms with Crippen LogP contribution in [0.3, 0.4) is 0 Å². The van der Waals surface area contributed by atoms with Crippen LogP contribution in [-0.4, -0.2) is 31.6 Å². The molecule has 128 valence electrons. The number of rotatable bonds is 2. The molecule has 1 saturated carbocycles. The monoisotopic (exact) mass is 325 g/mol. The van der Waals surface area contributed by atoms with Crippen LogP contribution in [0.2, 0.25) is 0 Å². The van der Waals surface area contributed by atoms with E-state index >= 15 is 0 Å². The van der Waals surface area contributed by atoms with Crippen molar-refractivity contribution in [2.24, 2.45) is 11.3 Å². The molecule has 1 aromatic rings. The van der Waals surface area contributed by atoms with E-state index in [-0.39, 0.29) is 5.41 Å². The van der Waals surface area contributed by atoms with Crippen molar-refractivity contribution >= 4 is 12.1 Å². The third-order valence-corrected chi connectivity index (χ3v) is 8.16. The molecular weight excluding hydrogens is 296 g/mol. The molecule has 0 aromatic heterocycles. The molecule has 1 N–H and O–H groups in total. The van der Waals surface area contributed by atoms with Gasteiger partial charge >= 0.3 is 0 Å². The normalized spacial score (nSPS) is 45.5. The lowest BCUT2D eigenvalue weighted by atomic mass is 9.50. The van der Waals surface area contributed by atoms with Crippen molar-refractivity contribution in [2.45, 2.75) is 63.5 Å². The van der Waals surface area contributed by atoms with Crippen molar-refractivity contribution in [1.29, 1.82) is 0 Å². The van der Waals surface area contributed by atoms with Crippen LogP contribution in [0.5, 0.6) is 0 Å². The van der Waals surface area contributed by atoms with Crippen molar-refractivity contribution in [3.05, 3.63) is 29.8 Å². The van der Waals surface area contributed by atoms with Gasteiger partial charge < -0.3 is 9.80 Å². The highest BCUT2D eigenvalue weighted by molar-refractivity contribution is 5.83. The van der Waals surface area contributed by atoms with Gasteiger partial charge in [-0.05, 0) is 43.2 Å². The zero-order valence-corrected chi connectivity index (χ0v) is 14.9. The molecule has 2 saturated heterocycles. The van der Waals surface area contributed by atoms with Crippen LogP contribution in [0.4, 0.5) is 5.69 Å². The Labute approximate surface area is 145 Å². The summed E-state index contributed by atoms with van der Waals surface area (Å²) >= 11 is 0. The van der Waals surface area contributed by atoms with Gasteiger partial charge in [0.1, 0.15) is 6.04 Å². The van der Waals surface area contributed by atoms with Gasteiger partial charge in [0.05, 0.1) is 24.5 Å². The molecule has 1 aliphatic carbocycles. The Hall–Kier alpha value is -1.35. The molecule has 1 spiro atoms. The number of nitrogens with zero attached hydrogens (tertiary/aromatic N) is 1. The number of anilines is 1. The Morgan fingerprint density at radius 1 is 1.29 bits per heavy atom. The molecule has 4 aliphatic rings. The standard InChI is InChI=1S/C21H28N2O/c1-3-20-9-6-11-22-12-10-21(19(20)22)16-7-4-5-8-17(16)23(14-24)18(21)15(2)13-20/h4-5,7-8,14-15,18-19H,3,6,9-13H2,1-2H3/p+1/t15-,18-,19+,20-,21+/m0/s1. The van der Waals surface area contributed by atoms with Crippen molar-refractivity contribution in [3.8, 4) is 0 Å². The number of carbonyl (C=O) groups excluding carboxylic acids is 1. The van der Waals surface area contributed by atoms with Crippen LogP contribution in [0.15, 0.2) is 24.3 Å². The molecular formula is C21H29N2O+. The van der Waals surface area contributed by atoms with Crippen molar-refractivity contribution in [2.75, 3.05) is 18.0 Å². The first-order chi connectivity index (χ1) is 11.7. The molecule has 0 bridgehead atoms. The minimum absolute atomic E-state index is 0.195. The lowest BCUT2D eigenvalue weighted by Crippen LogP contribution is -3.18. The second-order valence-electron chi connectivity index (χ2n) is 8.86. The van der Waals surface area contributed by atoms with Gasteiger partial charge in [-0.2, -0.15) is 0 Å². The van der Waals surface area contributed by atoms with E-state index in [2.05, 4.69) is 43.0 Å². The summed E-state index contributed by atoms with van der Waals surface area (Å²) in [7, 11) is 0. The maximum absolute atomic E-state index is 12.1. The number of hydrogen-bond acceptors (Lipinski definition) is 1. The highest BCUT2D eigenvalue weighted by Crippen LogP contribution is 2.62. The predicted molar refractivity (Wildman–Crippen MR) is 95.3 cm³/mol. The van der Waals surface area contributed by atoms with Crippen LogP contribution >= 0.6 is 0 Å². The zero-order chi connectivity index (χ0) is 16.5. The van der Waals surface area contributed by atoms with E-state index in [1.807, 2.05) is 4.90 Å². The lowest BCUT2D eigenvalue weighted by Gasteiger charge is -2.57. The number of benzene rings is 1. The molecule has 3 fully saturated rings. The third-order valence-electron chi connectivity index (χ3n) is 8.16. The van der Waals surface area contributed by atoms with Crippen LogP contribution in [-0.2, 0) is 10.2 Å². The third kappa shape index (κ3) is 1.51. The van der Waals surface area contributed by atoms with Gasteiger partial charge in [-0.1, -0.05) is 32.0 Å². The van der Waals surface area contributed by atoms with Gasteiger partial charge in [0.25, 0.3) is 0 Å². The number of piperidine rings is 1. The second-order valence-corrected chi connectivity index (χ2v) is 8.86. The number of fused-ring (bicyclic) bond motifs is 1. The summed E-state index contributed by atoms with van der Waals surface area (Å²) in [5.41, 5.74) is 3.35. The quantitative estimate of drug-likeness (QED) is 0.828. The van der Waals surface area contributed by atoms with E-state index in [4.69, 9.17) is 0 Å². The molecule has 0 radical (unpaired) electrons. The summed E-state index contributed by atoms with van der Waals surface area (Å²) in [6.45, 7) is 7.45. The summed E-state index contributed by atoms with van der Waals surface area (Å²) in [5.74, 6) is 0.580. The van der Waals surface area contributed by atoms with Gasteiger partial charge in [-0.15, -0.1) is 0 Å². The predicted octanol–water partition coefficient (Wildman–Crippen LogP) is 2.16. The average molecular weight is 325 g/mol. The van der Waals surface area contributed by atoms with Crippen molar-refractivity contribution in [1.82, 2.24) is 0 Å². The maximum Gasteiger partial charge on any atom is 0.214 e. The van der Waals surface area contributed by atoms with Gasteiger partial charge in [-0.3, -0.25) is 4.79 Å². The molecule has 1 aromatic carbocycles. The average Bonchev–Trinajstić information content (AvgIpc) is 3.14. The fraction of sp³-hybridized carbons (Fsp3) is 0.667. The topological polar surface area (TPSA) is 24.8 Å². The van der Waals surface area contributed by atoms with Gasteiger partial charge in [0.2, 0.25) is 6.41 Å². The Morgan fingerprint density at radius 3 is 2.92 bits per heavy atom. The van der Waals surface area contributed by atoms with Crippen LogP contribution in [0.1, 0.15) is 51.5 Å². The van der Waals surface area contributed by atoms with Crippen molar-refractivity contribution < 1.29 is 9.69 Å². The first kappa shape index (κ1) is 14.9. The molecule has 3 nitrogen and oxygen atoms in total. The Bertz CT molecular complexity index is 688. The Morgan fingerprint density at radius 2 is 2.12 bits per heavy atom. The Balaban J connectivity index is 1.78. The number of hydrogen-bond donors (Lipinski definition) is 1. The first-order valence-electron chi connectivity index (χ1n) is 9.86. The zero-order valence-electron chi connectivity index (χ0n) is 14.9. The van der Waals surface area contributed by atoms with Gasteiger partial charge in [-0.25, -0.2) is 0 Å². The fourth-order valence-corrected chi connectivity index (χ4v) is 7.74. The van der Waals surface area contributed by atoms with E-state index in [1.165, 1.54) is 56.4 Å². The molecule has 1 unspecified atom stereocenters. The molecule has 3 heterocycles. The van der Waals surface area contributed by atoms with E-state index < -0.39 is 0 Å². The number of para-hydroxylation sites is 1. The molecule has 3 aliphatic heterocycles. The molecule has 24 heavy (non-hydrogen) atoms. The summed E-state index contributed by atoms with van der Waals surface area (Å²) in [5, 5.41) is 0. The van der Waals surface area contributed by atoms with E-state index in [0.29, 0.717) is 23.4 Å². The van der Waals surface area contributed by atoms with Crippen LogP contribution < -0.4 is 9.80 Å².